The summed E-state index contributed by atoms with van der Waals surface area (Å²) in [6.07, 6.45) is 2.45. The SMILES string of the molecule is CCc1ccc(Nc2cc(C(=O)N3CCN(C)CC3)ncn2)cc1. The molecular formula is C18H23N5O. The Morgan fingerprint density at radius 2 is 1.83 bits per heavy atom. The number of nitrogens with zero attached hydrogens (tertiary/aromatic N) is 4. The Morgan fingerprint density at radius 3 is 2.50 bits per heavy atom. The van der Waals surface area contributed by atoms with Crippen LogP contribution in [-0.2, 0) is 6.42 Å². The fourth-order valence-corrected chi connectivity index (χ4v) is 2.69. The van der Waals surface area contributed by atoms with Crippen LogP contribution in [-0.4, -0.2) is 58.9 Å². The van der Waals surface area contributed by atoms with Gasteiger partial charge in [0.1, 0.15) is 17.8 Å². The zero-order valence-electron chi connectivity index (χ0n) is 14.2. The average Bonchev–Trinajstić information content (AvgIpc) is 2.63. The molecule has 6 nitrogen and oxygen atoms in total. The van der Waals surface area contributed by atoms with Crippen molar-refractivity contribution in [3.8, 4) is 0 Å². The van der Waals surface area contributed by atoms with E-state index in [4.69, 9.17) is 0 Å². The number of benzene rings is 1. The van der Waals surface area contributed by atoms with Crippen molar-refractivity contribution < 1.29 is 4.79 Å². The number of nitrogens with one attached hydrogen (secondary N) is 1. The van der Waals surface area contributed by atoms with E-state index < -0.39 is 0 Å². The van der Waals surface area contributed by atoms with Crippen LogP contribution < -0.4 is 5.32 Å². The van der Waals surface area contributed by atoms with Crippen LogP contribution in [0.2, 0.25) is 0 Å². The summed E-state index contributed by atoms with van der Waals surface area (Å²) in [6, 6.07) is 9.92. The third-order valence-electron chi connectivity index (χ3n) is 4.31. The molecule has 1 aromatic heterocycles. The lowest BCUT2D eigenvalue weighted by molar-refractivity contribution is 0.0658. The van der Waals surface area contributed by atoms with Gasteiger partial charge in [-0.1, -0.05) is 19.1 Å². The summed E-state index contributed by atoms with van der Waals surface area (Å²) in [6.45, 7) is 5.39. The largest absolute Gasteiger partial charge is 0.340 e. The Morgan fingerprint density at radius 1 is 1.12 bits per heavy atom. The Kier molecular flexibility index (Phi) is 5.05. The molecule has 0 aliphatic carbocycles. The molecule has 1 saturated heterocycles. The molecule has 0 atom stereocenters. The van der Waals surface area contributed by atoms with Gasteiger partial charge < -0.3 is 15.1 Å². The predicted molar refractivity (Wildman–Crippen MR) is 94.5 cm³/mol. The Bertz CT molecular complexity index is 693. The van der Waals surface area contributed by atoms with Gasteiger partial charge in [0.25, 0.3) is 5.91 Å². The van der Waals surface area contributed by atoms with E-state index >= 15 is 0 Å². The van der Waals surface area contributed by atoms with Crippen molar-refractivity contribution in [2.24, 2.45) is 0 Å². The number of carbonyl (C=O) groups is 1. The minimum absolute atomic E-state index is 0.0325. The van der Waals surface area contributed by atoms with Gasteiger partial charge in [-0.2, -0.15) is 0 Å². The maximum absolute atomic E-state index is 12.6. The van der Waals surface area contributed by atoms with E-state index in [1.54, 1.807) is 6.07 Å². The number of piperazine rings is 1. The quantitative estimate of drug-likeness (QED) is 0.933. The second-order valence-electron chi connectivity index (χ2n) is 6.06. The van der Waals surface area contributed by atoms with Crippen molar-refractivity contribution in [3.05, 3.63) is 47.9 Å². The molecule has 0 unspecified atom stereocenters. The van der Waals surface area contributed by atoms with Crippen LogP contribution in [0, 0.1) is 0 Å². The minimum atomic E-state index is -0.0325. The van der Waals surface area contributed by atoms with E-state index in [-0.39, 0.29) is 5.91 Å². The van der Waals surface area contributed by atoms with Crippen LogP contribution in [0.4, 0.5) is 11.5 Å². The molecule has 0 spiro atoms. The normalized spacial score (nSPS) is 15.3. The molecule has 126 valence electrons. The van der Waals surface area contributed by atoms with Crippen molar-refractivity contribution in [1.29, 1.82) is 0 Å². The molecule has 1 aliphatic heterocycles. The van der Waals surface area contributed by atoms with Gasteiger partial charge in [-0.05, 0) is 31.2 Å². The van der Waals surface area contributed by atoms with Gasteiger partial charge >= 0.3 is 0 Å². The van der Waals surface area contributed by atoms with Gasteiger partial charge in [-0.25, -0.2) is 9.97 Å². The lowest BCUT2D eigenvalue weighted by Crippen LogP contribution is -2.47. The third-order valence-corrected chi connectivity index (χ3v) is 4.31. The van der Waals surface area contributed by atoms with E-state index in [9.17, 15) is 4.79 Å². The topological polar surface area (TPSA) is 61.4 Å². The molecule has 2 aromatic rings. The zero-order valence-corrected chi connectivity index (χ0v) is 14.2. The number of aryl methyl sites for hydroxylation is 1. The number of likely N-dealkylation sites (N-methyl/N-ethyl adjacent to an activating group) is 1. The predicted octanol–water partition coefficient (Wildman–Crippen LogP) is 2.17. The van der Waals surface area contributed by atoms with Gasteiger partial charge in [0.15, 0.2) is 0 Å². The fraction of sp³-hybridized carbons (Fsp3) is 0.389. The number of rotatable bonds is 4. The second kappa shape index (κ2) is 7.40. The molecule has 1 aromatic carbocycles. The summed E-state index contributed by atoms with van der Waals surface area (Å²) >= 11 is 0. The van der Waals surface area contributed by atoms with Gasteiger partial charge in [-0.15, -0.1) is 0 Å². The van der Waals surface area contributed by atoms with Crippen molar-refractivity contribution >= 4 is 17.4 Å². The highest BCUT2D eigenvalue weighted by molar-refractivity contribution is 5.93. The van der Waals surface area contributed by atoms with Crippen LogP contribution in [0.1, 0.15) is 23.0 Å². The maximum Gasteiger partial charge on any atom is 0.272 e. The molecule has 0 radical (unpaired) electrons. The number of hydrogen-bond acceptors (Lipinski definition) is 5. The van der Waals surface area contributed by atoms with Crippen LogP contribution in [0.25, 0.3) is 0 Å². The first-order valence-electron chi connectivity index (χ1n) is 8.31. The van der Waals surface area contributed by atoms with Crippen molar-refractivity contribution in [3.63, 3.8) is 0 Å². The average molecular weight is 325 g/mol. The molecule has 1 aliphatic rings. The van der Waals surface area contributed by atoms with E-state index in [0.717, 1.165) is 38.3 Å². The Hall–Kier alpha value is -2.47. The molecule has 0 saturated carbocycles. The molecule has 1 fully saturated rings. The number of aromatic nitrogens is 2. The summed E-state index contributed by atoms with van der Waals surface area (Å²) in [5, 5.41) is 3.23. The van der Waals surface area contributed by atoms with Crippen LogP contribution >= 0.6 is 0 Å². The van der Waals surface area contributed by atoms with Gasteiger partial charge in [0.05, 0.1) is 0 Å². The minimum Gasteiger partial charge on any atom is -0.340 e. The Balaban J connectivity index is 1.70. The number of amides is 1. The molecule has 2 heterocycles. The third kappa shape index (κ3) is 3.89. The molecule has 6 heteroatoms. The summed E-state index contributed by atoms with van der Waals surface area (Å²) in [5.74, 6) is 0.599. The summed E-state index contributed by atoms with van der Waals surface area (Å²) in [7, 11) is 2.07. The Labute approximate surface area is 142 Å². The van der Waals surface area contributed by atoms with E-state index in [2.05, 4.69) is 46.3 Å². The highest BCUT2D eigenvalue weighted by Gasteiger charge is 2.21. The molecule has 3 rings (SSSR count). The second-order valence-corrected chi connectivity index (χ2v) is 6.06. The number of hydrogen-bond donors (Lipinski definition) is 1. The highest BCUT2D eigenvalue weighted by atomic mass is 16.2. The summed E-state index contributed by atoms with van der Waals surface area (Å²) < 4.78 is 0. The number of carbonyl (C=O) groups excluding carboxylic acids is 1. The van der Waals surface area contributed by atoms with Crippen molar-refractivity contribution in [2.75, 3.05) is 38.5 Å². The molecule has 1 N–H and O–H groups in total. The van der Waals surface area contributed by atoms with E-state index in [1.807, 2.05) is 17.0 Å². The lowest BCUT2D eigenvalue weighted by Gasteiger charge is -2.32. The van der Waals surface area contributed by atoms with Crippen molar-refractivity contribution in [1.82, 2.24) is 19.8 Å². The van der Waals surface area contributed by atoms with Crippen LogP contribution in [0.3, 0.4) is 0 Å². The first-order valence-corrected chi connectivity index (χ1v) is 8.31. The van der Waals surface area contributed by atoms with Gasteiger partial charge in [0, 0.05) is 37.9 Å². The van der Waals surface area contributed by atoms with Crippen molar-refractivity contribution in [2.45, 2.75) is 13.3 Å². The lowest BCUT2D eigenvalue weighted by atomic mass is 10.1. The summed E-state index contributed by atoms with van der Waals surface area (Å²) in [5.41, 5.74) is 2.67. The van der Waals surface area contributed by atoms with Gasteiger partial charge in [0.2, 0.25) is 0 Å². The smallest absolute Gasteiger partial charge is 0.272 e. The fourth-order valence-electron chi connectivity index (χ4n) is 2.69. The van der Waals surface area contributed by atoms with E-state index in [0.29, 0.717) is 11.5 Å². The van der Waals surface area contributed by atoms with Gasteiger partial charge in [-0.3, -0.25) is 4.79 Å². The molecular weight excluding hydrogens is 302 g/mol. The zero-order chi connectivity index (χ0) is 16.9. The molecule has 0 bridgehead atoms. The molecule has 24 heavy (non-hydrogen) atoms. The summed E-state index contributed by atoms with van der Waals surface area (Å²) in [4.78, 5) is 25.0. The first kappa shape index (κ1) is 16.4. The highest BCUT2D eigenvalue weighted by Crippen LogP contribution is 2.16. The number of anilines is 2. The molecule has 1 amide bonds. The first-order chi connectivity index (χ1) is 11.7. The monoisotopic (exact) mass is 325 g/mol. The van der Waals surface area contributed by atoms with Crippen LogP contribution in [0.5, 0.6) is 0 Å². The van der Waals surface area contributed by atoms with Crippen LogP contribution in [0.15, 0.2) is 36.7 Å². The standard InChI is InChI=1S/C18H23N5O/c1-3-14-4-6-15(7-5-14)21-17-12-16(19-13-20-17)18(24)23-10-8-22(2)9-11-23/h4-7,12-13H,3,8-11H2,1-2H3,(H,19,20,21). The maximum atomic E-state index is 12.6. The van der Waals surface area contributed by atoms with E-state index in [1.165, 1.54) is 11.9 Å².